The number of rotatable bonds is 3. The number of halogens is 1. The molecular weight excluding hydrogens is 435 g/mol. The molecule has 3 aromatic heterocycles. The molecule has 1 unspecified atom stereocenters. The van der Waals surface area contributed by atoms with Crippen molar-refractivity contribution in [3.63, 3.8) is 0 Å². The van der Waals surface area contributed by atoms with Crippen molar-refractivity contribution in [1.29, 1.82) is 0 Å². The maximum absolute atomic E-state index is 11.5. The Morgan fingerprint density at radius 1 is 1.25 bits per heavy atom. The van der Waals surface area contributed by atoms with Gasteiger partial charge in [0.1, 0.15) is 0 Å². The molecule has 0 saturated heterocycles. The summed E-state index contributed by atoms with van der Waals surface area (Å²) in [6, 6.07) is 12.0. The lowest BCUT2D eigenvalue weighted by molar-refractivity contribution is 0.780. The Bertz CT molecular complexity index is 1060. The van der Waals surface area contributed by atoms with E-state index in [4.69, 9.17) is 0 Å². The standard InChI is InChI=1S/C17H13IN4OS/c1-10(11-2-4-14-15(8-11)24-17(23)20-14)13-6-7-22(21-13)16-5-3-12(18)9-19-16/h2-10H,1H3,(H,20,23). The largest absolute Gasteiger partial charge is 0.312 e. The van der Waals surface area contributed by atoms with Crippen LogP contribution in [0.2, 0.25) is 0 Å². The number of pyridine rings is 1. The van der Waals surface area contributed by atoms with E-state index in [-0.39, 0.29) is 10.8 Å². The molecule has 0 fully saturated rings. The fourth-order valence-electron chi connectivity index (χ4n) is 2.60. The summed E-state index contributed by atoms with van der Waals surface area (Å²) in [5.41, 5.74) is 2.99. The summed E-state index contributed by atoms with van der Waals surface area (Å²) in [7, 11) is 0. The highest BCUT2D eigenvalue weighted by molar-refractivity contribution is 14.1. The van der Waals surface area contributed by atoms with E-state index in [0.717, 1.165) is 30.9 Å². The lowest BCUT2D eigenvalue weighted by Gasteiger charge is -2.09. The maximum Gasteiger partial charge on any atom is 0.305 e. The van der Waals surface area contributed by atoms with E-state index >= 15 is 0 Å². The van der Waals surface area contributed by atoms with Crippen molar-refractivity contribution < 1.29 is 0 Å². The first-order valence-corrected chi connectivity index (χ1v) is 9.30. The molecule has 4 aromatic rings. The second-order valence-corrected chi connectivity index (χ2v) is 7.77. The van der Waals surface area contributed by atoms with E-state index in [1.54, 1.807) is 4.68 Å². The smallest absolute Gasteiger partial charge is 0.305 e. The van der Waals surface area contributed by atoms with Crippen molar-refractivity contribution in [3.05, 3.63) is 73.3 Å². The Morgan fingerprint density at radius 2 is 2.12 bits per heavy atom. The second kappa shape index (κ2) is 6.14. The highest BCUT2D eigenvalue weighted by atomic mass is 127. The lowest BCUT2D eigenvalue weighted by atomic mass is 9.98. The van der Waals surface area contributed by atoms with Crippen molar-refractivity contribution >= 4 is 44.1 Å². The van der Waals surface area contributed by atoms with Gasteiger partial charge in [-0.1, -0.05) is 24.3 Å². The Morgan fingerprint density at radius 3 is 2.92 bits per heavy atom. The predicted octanol–water partition coefficient (Wildman–Crippen LogP) is 3.93. The van der Waals surface area contributed by atoms with Crippen LogP contribution in [0.1, 0.15) is 24.1 Å². The summed E-state index contributed by atoms with van der Waals surface area (Å²) in [6.07, 6.45) is 3.75. The fourth-order valence-corrected chi connectivity index (χ4v) is 3.71. The molecule has 3 heterocycles. The predicted molar refractivity (Wildman–Crippen MR) is 104 cm³/mol. The van der Waals surface area contributed by atoms with Crippen LogP contribution in [0.5, 0.6) is 0 Å². The van der Waals surface area contributed by atoms with Crippen molar-refractivity contribution in [2.75, 3.05) is 0 Å². The molecule has 7 heteroatoms. The van der Waals surface area contributed by atoms with Crippen LogP contribution in [0.3, 0.4) is 0 Å². The van der Waals surface area contributed by atoms with E-state index in [1.165, 1.54) is 11.3 Å². The van der Waals surface area contributed by atoms with Gasteiger partial charge in [-0.15, -0.1) is 0 Å². The zero-order valence-corrected chi connectivity index (χ0v) is 15.7. The molecule has 0 aliphatic carbocycles. The van der Waals surface area contributed by atoms with E-state index in [9.17, 15) is 4.79 Å². The van der Waals surface area contributed by atoms with Gasteiger partial charge in [0.15, 0.2) is 5.82 Å². The zero-order chi connectivity index (χ0) is 16.7. The summed E-state index contributed by atoms with van der Waals surface area (Å²) in [5, 5.41) is 4.66. The number of nitrogens with zero attached hydrogens (tertiary/aromatic N) is 3. The minimum absolute atomic E-state index is 0.0242. The van der Waals surface area contributed by atoms with E-state index in [2.05, 4.69) is 50.6 Å². The number of hydrogen-bond acceptors (Lipinski definition) is 4. The summed E-state index contributed by atoms with van der Waals surface area (Å²) in [6.45, 7) is 2.12. The molecule has 0 saturated carbocycles. The minimum Gasteiger partial charge on any atom is -0.312 e. The third-order valence-corrected chi connectivity index (χ3v) is 5.43. The molecule has 5 nitrogen and oxygen atoms in total. The van der Waals surface area contributed by atoms with Crippen LogP contribution < -0.4 is 4.87 Å². The van der Waals surface area contributed by atoms with Crippen molar-refractivity contribution in [2.24, 2.45) is 0 Å². The van der Waals surface area contributed by atoms with Gasteiger partial charge < -0.3 is 4.98 Å². The molecule has 24 heavy (non-hydrogen) atoms. The number of aromatic amines is 1. The first kappa shape index (κ1) is 15.5. The van der Waals surface area contributed by atoms with Gasteiger partial charge in [-0.2, -0.15) is 5.10 Å². The molecule has 4 rings (SSSR count). The van der Waals surface area contributed by atoms with Crippen LogP contribution in [-0.2, 0) is 0 Å². The quantitative estimate of drug-likeness (QED) is 0.484. The number of aromatic nitrogens is 4. The monoisotopic (exact) mass is 448 g/mol. The van der Waals surface area contributed by atoms with Gasteiger partial charge in [0.05, 0.1) is 15.9 Å². The first-order valence-electron chi connectivity index (χ1n) is 7.40. The van der Waals surface area contributed by atoms with Crippen LogP contribution in [0.25, 0.3) is 16.0 Å². The lowest BCUT2D eigenvalue weighted by Crippen LogP contribution is -2.02. The molecule has 0 radical (unpaired) electrons. The summed E-state index contributed by atoms with van der Waals surface area (Å²) >= 11 is 3.47. The van der Waals surface area contributed by atoms with Crippen LogP contribution in [0, 0.1) is 3.57 Å². The summed E-state index contributed by atoms with van der Waals surface area (Å²) in [4.78, 5) is 18.7. The van der Waals surface area contributed by atoms with Crippen molar-refractivity contribution in [1.82, 2.24) is 19.7 Å². The number of thiazole rings is 1. The number of hydrogen-bond donors (Lipinski definition) is 1. The fraction of sp³-hybridized carbons (Fsp3) is 0.118. The summed E-state index contributed by atoms with van der Waals surface area (Å²) in [5.74, 6) is 0.935. The first-order chi connectivity index (χ1) is 11.6. The Balaban J connectivity index is 1.67. The molecule has 0 bridgehead atoms. The molecule has 0 aliphatic rings. The molecule has 1 aromatic carbocycles. The Labute approximate surface area is 155 Å². The van der Waals surface area contributed by atoms with Gasteiger partial charge in [0.25, 0.3) is 0 Å². The van der Waals surface area contributed by atoms with Crippen LogP contribution in [-0.4, -0.2) is 19.7 Å². The molecule has 0 spiro atoms. The van der Waals surface area contributed by atoms with Crippen molar-refractivity contribution in [3.8, 4) is 5.82 Å². The van der Waals surface area contributed by atoms with E-state index in [0.29, 0.717) is 0 Å². The third kappa shape index (κ3) is 2.89. The number of fused-ring (bicyclic) bond motifs is 1. The highest BCUT2D eigenvalue weighted by Crippen LogP contribution is 2.26. The SMILES string of the molecule is CC(c1ccc2[nH]c(=O)sc2c1)c1ccn(-c2ccc(I)cn2)n1. The molecule has 1 atom stereocenters. The Kier molecular flexibility index (Phi) is 3.97. The Hall–Kier alpha value is -2.00. The van der Waals surface area contributed by atoms with E-state index < -0.39 is 0 Å². The number of H-pyrrole nitrogens is 1. The third-order valence-electron chi connectivity index (χ3n) is 3.94. The van der Waals surface area contributed by atoms with Gasteiger partial charge in [-0.3, -0.25) is 4.79 Å². The van der Waals surface area contributed by atoms with Gasteiger partial charge in [-0.05, 0) is 58.5 Å². The highest BCUT2D eigenvalue weighted by Gasteiger charge is 2.14. The van der Waals surface area contributed by atoms with Crippen LogP contribution >= 0.6 is 33.9 Å². The average Bonchev–Trinajstić information content (AvgIpc) is 3.20. The van der Waals surface area contributed by atoms with Crippen LogP contribution in [0.4, 0.5) is 0 Å². The van der Waals surface area contributed by atoms with Crippen LogP contribution in [0.15, 0.2) is 53.6 Å². The summed E-state index contributed by atoms with van der Waals surface area (Å²) < 4.78 is 3.86. The van der Waals surface area contributed by atoms with E-state index in [1.807, 2.05) is 42.7 Å². The zero-order valence-electron chi connectivity index (χ0n) is 12.7. The molecule has 1 N–H and O–H groups in total. The normalized spacial score (nSPS) is 12.6. The molecule has 120 valence electrons. The average molecular weight is 448 g/mol. The molecule has 0 amide bonds. The van der Waals surface area contributed by atoms with Gasteiger partial charge in [-0.25, -0.2) is 9.67 Å². The second-order valence-electron chi connectivity index (χ2n) is 5.51. The number of nitrogens with one attached hydrogen (secondary N) is 1. The van der Waals surface area contributed by atoms with Gasteiger partial charge in [0.2, 0.25) is 0 Å². The van der Waals surface area contributed by atoms with Gasteiger partial charge in [0, 0.05) is 21.9 Å². The molecule has 0 aliphatic heterocycles. The number of benzene rings is 1. The minimum atomic E-state index is -0.0242. The maximum atomic E-state index is 11.5. The van der Waals surface area contributed by atoms with Crippen molar-refractivity contribution in [2.45, 2.75) is 12.8 Å². The topological polar surface area (TPSA) is 63.6 Å². The molecular formula is C17H13IN4OS. The van der Waals surface area contributed by atoms with Gasteiger partial charge >= 0.3 is 4.87 Å².